The first-order valence-electron chi connectivity index (χ1n) is 6.80. The monoisotopic (exact) mass is 341 g/mol. The third-order valence-corrected chi connectivity index (χ3v) is 2.97. The highest BCUT2D eigenvalue weighted by atomic mass is 19.4. The van der Waals surface area contributed by atoms with E-state index >= 15 is 0 Å². The van der Waals surface area contributed by atoms with Crippen LogP contribution in [0.4, 0.5) is 13.2 Å². The van der Waals surface area contributed by atoms with Crippen molar-refractivity contribution in [3.63, 3.8) is 0 Å². The number of methoxy groups -OCH3 is 1. The predicted molar refractivity (Wildman–Crippen MR) is 77.2 cm³/mol. The average Bonchev–Trinajstić information content (AvgIpc) is 2.54. The molecule has 0 bridgehead atoms. The van der Waals surface area contributed by atoms with Crippen LogP contribution in [-0.4, -0.2) is 36.0 Å². The molecule has 2 rings (SSSR count). The van der Waals surface area contributed by atoms with Gasteiger partial charge in [-0.3, -0.25) is 4.79 Å². The van der Waals surface area contributed by atoms with Crippen molar-refractivity contribution < 1.29 is 27.4 Å². The van der Waals surface area contributed by atoms with Gasteiger partial charge in [-0.05, 0) is 23.8 Å². The van der Waals surface area contributed by atoms with Crippen LogP contribution >= 0.6 is 0 Å². The number of amides is 1. The Morgan fingerprint density at radius 1 is 1.25 bits per heavy atom. The minimum atomic E-state index is -4.76. The molecule has 0 aliphatic rings. The molecule has 1 aromatic heterocycles. The summed E-state index contributed by atoms with van der Waals surface area (Å²) in [6.45, 7) is 0.135. The molecule has 0 saturated carbocycles. The highest BCUT2D eigenvalue weighted by molar-refractivity contribution is 5.92. The van der Waals surface area contributed by atoms with Gasteiger partial charge in [-0.25, -0.2) is 9.97 Å². The van der Waals surface area contributed by atoms with E-state index in [0.29, 0.717) is 5.56 Å². The fourth-order valence-corrected chi connectivity index (χ4v) is 1.95. The molecule has 6 nitrogen and oxygen atoms in total. The number of alkyl halides is 3. The molecule has 128 valence electrons. The summed E-state index contributed by atoms with van der Waals surface area (Å²) < 4.78 is 45.4. The first-order chi connectivity index (χ1) is 11.4. The third-order valence-electron chi connectivity index (χ3n) is 2.97. The zero-order valence-electron chi connectivity index (χ0n) is 12.6. The lowest BCUT2D eigenvalue weighted by Gasteiger charge is -2.18. The average molecular weight is 341 g/mol. The second kappa shape index (κ2) is 7.73. The van der Waals surface area contributed by atoms with Crippen molar-refractivity contribution in [1.82, 2.24) is 15.3 Å². The van der Waals surface area contributed by atoms with E-state index in [0.717, 1.165) is 0 Å². The van der Waals surface area contributed by atoms with Gasteiger partial charge < -0.3 is 14.8 Å². The van der Waals surface area contributed by atoms with E-state index in [2.05, 4.69) is 20.0 Å². The molecular weight excluding hydrogens is 327 g/mol. The molecule has 0 aliphatic carbocycles. The van der Waals surface area contributed by atoms with Crippen LogP contribution in [0.15, 0.2) is 42.9 Å². The number of nitrogens with one attached hydrogen (secondary N) is 1. The number of benzene rings is 1. The quantitative estimate of drug-likeness (QED) is 0.874. The Morgan fingerprint density at radius 2 is 1.96 bits per heavy atom. The number of nitrogens with zero attached hydrogens (tertiary/aromatic N) is 2. The summed E-state index contributed by atoms with van der Waals surface area (Å²) in [4.78, 5) is 19.7. The predicted octanol–water partition coefficient (Wildman–Crippen LogP) is 2.49. The van der Waals surface area contributed by atoms with Crippen molar-refractivity contribution in [3.8, 4) is 5.75 Å². The van der Waals surface area contributed by atoms with Gasteiger partial charge >= 0.3 is 6.36 Å². The van der Waals surface area contributed by atoms with Crippen molar-refractivity contribution in [2.24, 2.45) is 0 Å². The summed E-state index contributed by atoms with van der Waals surface area (Å²) in [5.74, 6) is -0.792. The topological polar surface area (TPSA) is 73.3 Å². The number of halogens is 3. The molecule has 1 aromatic carbocycles. The van der Waals surface area contributed by atoms with Crippen molar-refractivity contribution >= 4 is 5.91 Å². The molecule has 1 atom stereocenters. The molecule has 9 heteroatoms. The number of carbonyl (C=O) groups excluding carboxylic acids is 1. The molecule has 0 fully saturated rings. The number of aromatic nitrogens is 2. The van der Waals surface area contributed by atoms with Crippen molar-refractivity contribution in [2.75, 3.05) is 13.7 Å². The zero-order chi connectivity index (χ0) is 17.6. The minimum Gasteiger partial charge on any atom is -0.406 e. The van der Waals surface area contributed by atoms with Gasteiger partial charge in [0.1, 0.15) is 17.8 Å². The summed E-state index contributed by atoms with van der Waals surface area (Å²) in [7, 11) is 1.45. The summed E-state index contributed by atoms with van der Waals surface area (Å²) in [5, 5.41) is 2.70. The van der Waals surface area contributed by atoms with Crippen LogP contribution < -0.4 is 10.1 Å². The highest BCUT2D eigenvalue weighted by Gasteiger charge is 2.31. The summed E-state index contributed by atoms with van der Waals surface area (Å²) in [6, 6.07) is 6.07. The Morgan fingerprint density at radius 3 is 2.50 bits per heavy atom. The van der Waals surface area contributed by atoms with Gasteiger partial charge in [-0.2, -0.15) is 0 Å². The van der Waals surface area contributed by atoms with Gasteiger partial charge in [0.15, 0.2) is 0 Å². The third kappa shape index (κ3) is 5.20. The Hall–Kier alpha value is -2.68. The van der Waals surface area contributed by atoms with E-state index in [1.807, 2.05) is 0 Å². The van der Waals surface area contributed by atoms with E-state index in [-0.39, 0.29) is 18.1 Å². The first-order valence-corrected chi connectivity index (χ1v) is 6.80. The largest absolute Gasteiger partial charge is 0.573 e. The number of carbonyl (C=O) groups is 1. The van der Waals surface area contributed by atoms with Gasteiger partial charge in [-0.15, -0.1) is 13.2 Å². The van der Waals surface area contributed by atoms with Crippen LogP contribution in [0.5, 0.6) is 5.75 Å². The van der Waals surface area contributed by atoms with Gasteiger partial charge in [0.25, 0.3) is 5.91 Å². The Bertz CT molecular complexity index is 663. The lowest BCUT2D eigenvalue weighted by Crippen LogP contribution is -2.31. The molecule has 0 spiro atoms. The van der Waals surface area contributed by atoms with E-state index in [4.69, 9.17) is 4.74 Å². The lowest BCUT2D eigenvalue weighted by molar-refractivity contribution is -0.274. The maximum Gasteiger partial charge on any atom is 0.573 e. The Kier molecular flexibility index (Phi) is 5.69. The molecule has 1 N–H and O–H groups in total. The molecule has 2 aromatic rings. The maximum atomic E-state index is 12.2. The summed E-state index contributed by atoms with van der Waals surface area (Å²) in [6.07, 6.45) is -2.09. The number of rotatable bonds is 6. The molecule has 24 heavy (non-hydrogen) atoms. The second-order valence-corrected chi connectivity index (χ2v) is 4.69. The minimum absolute atomic E-state index is 0.135. The number of ether oxygens (including phenoxy) is 2. The molecular formula is C15H14F3N3O3. The van der Waals surface area contributed by atoms with E-state index in [1.54, 1.807) is 0 Å². The molecule has 0 radical (unpaired) electrons. The Balaban J connectivity index is 2.11. The fourth-order valence-electron chi connectivity index (χ4n) is 1.95. The highest BCUT2D eigenvalue weighted by Crippen LogP contribution is 2.24. The van der Waals surface area contributed by atoms with Crippen LogP contribution in [0.3, 0.4) is 0 Å². The number of hydrogen-bond donors (Lipinski definition) is 1. The van der Waals surface area contributed by atoms with Gasteiger partial charge in [0.2, 0.25) is 0 Å². The summed E-state index contributed by atoms with van der Waals surface area (Å²) >= 11 is 0. The molecule has 0 unspecified atom stereocenters. The van der Waals surface area contributed by atoms with Crippen molar-refractivity contribution in [2.45, 2.75) is 12.4 Å². The van der Waals surface area contributed by atoms with Gasteiger partial charge in [0, 0.05) is 13.3 Å². The van der Waals surface area contributed by atoms with Crippen molar-refractivity contribution in [3.05, 3.63) is 54.1 Å². The summed E-state index contributed by atoms with van der Waals surface area (Å²) in [5.41, 5.74) is 0.733. The molecule has 0 aliphatic heterocycles. The SMILES string of the molecule is COC[C@@H](NC(=O)c1ccncn1)c1ccc(OC(F)(F)F)cc1. The standard InChI is InChI=1S/C15H14F3N3O3/c1-23-8-13(21-14(22)12-6-7-19-9-20-12)10-2-4-11(5-3-10)24-15(16,17)18/h2-7,9,13H,8H2,1H3,(H,21,22)/t13-/m1/s1. The van der Waals surface area contributed by atoms with Gasteiger partial charge in [-0.1, -0.05) is 12.1 Å². The second-order valence-electron chi connectivity index (χ2n) is 4.69. The lowest BCUT2D eigenvalue weighted by atomic mass is 10.1. The van der Waals surface area contributed by atoms with Crippen LogP contribution in [0, 0.1) is 0 Å². The molecule has 0 saturated heterocycles. The Labute approximate surface area is 135 Å². The van der Waals surface area contributed by atoms with E-state index in [9.17, 15) is 18.0 Å². The van der Waals surface area contributed by atoms with E-state index < -0.39 is 18.3 Å². The first kappa shape index (κ1) is 17.7. The van der Waals surface area contributed by atoms with Crippen LogP contribution in [0.2, 0.25) is 0 Å². The fraction of sp³-hybridized carbons (Fsp3) is 0.267. The molecule has 1 amide bonds. The van der Waals surface area contributed by atoms with E-state index in [1.165, 1.54) is 50.0 Å². The number of hydrogen-bond acceptors (Lipinski definition) is 5. The van der Waals surface area contributed by atoms with Gasteiger partial charge in [0.05, 0.1) is 12.6 Å². The van der Waals surface area contributed by atoms with Crippen LogP contribution in [0.1, 0.15) is 22.1 Å². The van der Waals surface area contributed by atoms with Crippen molar-refractivity contribution in [1.29, 1.82) is 0 Å². The smallest absolute Gasteiger partial charge is 0.406 e. The van der Waals surface area contributed by atoms with Crippen LogP contribution in [-0.2, 0) is 4.74 Å². The normalized spacial score (nSPS) is 12.5. The van der Waals surface area contributed by atoms with Crippen LogP contribution in [0.25, 0.3) is 0 Å². The zero-order valence-corrected chi connectivity index (χ0v) is 12.6. The maximum absolute atomic E-state index is 12.2. The molecule has 1 heterocycles.